The molecule has 0 radical (unpaired) electrons. The molecular formula is C17H24N2O2S. The van der Waals surface area contributed by atoms with Gasteiger partial charge in [0.2, 0.25) is 0 Å². The highest BCUT2D eigenvalue weighted by Crippen LogP contribution is 2.19. The third-order valence-corrected chi connectivity index (χ3v) is 4.20. The SMILES string of the molecule is Cc1ccc(OCC(O)CN(C)Cc2csc(C)n2)c(C)c1. The molecule has 4 nitrogen and oxygen atoms in total. The van der Waals surface area contributed by atoms with Crippen molar-refractivity contribution >= 4 is 11.3 Å². The molecule has 120 valence electrons. The molecule has 0 saturated heterocycles. The Labute approximate surface area is 136 Å². The topological polar surface area (TPSA) is 45.6 Å². The lowest BCUT2D eigenvalue weighted by Gasteiger charge is -2.20. The van der Waals surface area contributed by atoms with Crippen LogP contribution in [-0.2, 0) is 6.54 Å². The zero-order valence-electron chi connectivity index (χ0n) is 13.7. The van der Waals surface area contributed by atoms with Crippen LogP contribution in [0.5, 0.6) is 5.75 Å². The third kappa shape index (κ3) is 5.09. The number of aromatic nitrogens is 1. The monoisotopic (exact) mass is 320 g/mol. The first-order valence-corrected chi connectivity index (χ1v) is 8.29. The predicted octanol–water partition coefficient (Wildman–Crippen LogP) is 2.94. The Morgan fingerprint density at radius 3 is 2.73 bits per heavy atom. The average molecular weight is 320 g/mol. The molecule has 0 aliphatic carbocycles. The van der Waals surface area contributed by atoms with E-state index in [4.69, 9.17) is 4.74 Å². The normalized spacial score (nSPS) is 12.6. The van der Waals surface area contributed by atoms with Gasteiger partial charge in [0.1, 0.15) is 18.5 Å². The van der Waals surface area contributed by atoms with Crippen molar-refractivity contribution in [2.75, 3.05) is 20.2 Å². The van der Waals surface area contributed by atoms with Crippen LogP contribution in [0.15, 0.2) is 23.6 Å². The number of likely N-dealkylation sites (N-methyl/N-ethyl adjacent to an activating group) is 1. The zero-order valence-corrected chi connectivity index (χ0v) is 14.5. The molecule has 0 bridgehead atoms. The van der Waals surface area contributed by atoms with Gasteiger partial charge >= 0.3 is 0 Å². The fourth-order valence-corrected chi connectivity index (χ4v) is 2.99. The van der Waals surface area contributed by atoms with Crippen LogP contribution in [0.3, 0.4) is 0 Å². The van der Waals surface area contributed by atoms with Gasteiger partial charge in [-0.3, -0.25) is 4.90 Å². The molecule has 0 amide bonds. The lowest BCUT2D eigenvalue weighted by atomic mass is 10.1. The van der Waals surface area contributed by atoms with Crippen LogP contribution in [0.25, 0.3) is 0 Å². The second-order valence-corrected chi connectivity index (χ2v) is 6.85. The number of nitrogens with zero attached hydrogens (tertiary/aromatic N) is 2. The molecule has 0 aliphatic heterocycles. The number of rotatable bonds is 7. The van der Waals surface area contributed by atoms with Crippen molar-refractivity contribution in [2.24, 2.45) is 0 Å². The van der Waals surface area contributed by atoms with Crippen LogP contribution in [0.2, 0.25) is 0 Å². The molecule has 0 aliphatic rings. The number of benzene rings is 1. The number of thiazole rings is 1. The Morgan fingerprint density at radius 2 is 2.09 bits per heavy atom. The standard InChI is InChI=1S/C17H24N2O2S/c1-12-5-6-17(13(2)7-12)21-10-16(20)9-19(4)8-15-11-22-14(3)18-15/h5-7,11,16,20H,8-10H2,1-4H3. The molecule has 22 heavy (non-hydrogen) atoms. The molecule has 1 N–H and O–H groups in total. The Morgan fingerprint density at radius 1 is 1.32 bits per heavy atom. The van der Waals surface area contributed by atoms with Crippen molar-refractivity contribution < 1.29 is 9.84 Å². The van der Waals surface area contributed by atoms with E-state index in [-0.39, 0.29) is 0 Å². The van der Waals surface area contributed by atoms with Gasteiger partial charge in [-0.2, -0.15) is 0 Å². The molecule has 1 aromatic carbocycles. The molecular weight excluding hydrogens is 296 g/mol. The fourth-order valence-electron chi connectivity index (χ4n) is 2.38. The van der Waals surface area contributed by atoms with Gasteiger partial charge in [0.05, 0.1) is 10.7 Å². The quantitative estimate of drug-likeness (QED) is 0.852. The number of aryl methyl sites for hydroxylation is 3. The molecule has 0 spiro atoms. The first-order valence-electron chi connectivity index (χ1n) is 7.41. The van der Waals surface area contributed by atoms with E-state index in [1.54, 1.807) is 11.3 Å². The number of ether oxygens (including phenoxy) is 1. The molecule has 1 aromatic heterocycles. The van der Waals surface area contributed by atoms with Gasteiger partial charge in [0.15, 0.2) is 0 Å². The van der Waals surface area contributed by atoms with Crippen molar-refractivity contribution in [1.82, 2.24) is 9.88 Å². The number of hydrogen-bond acceptors (Lipinski definition) is 5. The van der Waals surface area contributed by atoms with Crippen molar-refractivity contribution in [3.05, 3.63) is 45.4 Å². The minimum atomic E-state index is -0.523. The van der Waals surface area contributed by atoms with Gasteiger partial charge in [-0.05, 0) is 39.4 Å². The van der Waals surface area contributed by atoms with Gasteiger partial charge in [0, 0.05) is 18.5 Å². The van der Waals surface area contributed by atoms with Crippen molar-refractivity contribution in [2.45, 2.75) is 33.4 Å². The summed E-state index contributed by atoms with van der Waals surface area (Å²) in [6.45, 7) is 7.67. The van der Waals surface area contributed by atoms with Crippen LogP contribution in [-0.4, -0.2) is 41.3 Å². The van der Waals surface area contributed by atoms with Gasteiger partial charge < -0.3 is 9.84 Å². The van der Waals surface area contributed by atoms with Crippen LogP contribution in [0, 0.1) is 20.8 Å². The van der Waals surface area contributed by atoms with Crippen molar-refractivity contribution in [3.8, 4) is 5.75 Å². The van der Waals surface area contributed by atoms with Gasteiger partial charge in [-0.25, -0.2) is 4.98 Å². The first-order chi connectivity index (χ1) is 10.4. The minimum absolute atomic E-state index is 0.296. The first kappa shape index (κ1) is 16.9. The second-order valence-electron chi connectivity index (χ2n) is 5.79. The van der Waals surface area contributed by atoms with E-state index in [1.807, 2.05) is 33.0 Å². The van der Waals surface area contributed by atoms with E-state index in [0.29, 0.717) is 13.2 Å². The fraction of sp³-hybridized carbons (Fsp3) is 0.471. The second kappa shape index (κ2) is 7.72. The number of hydrogen-bond donors (Lipinski definition) is 1. The average Bonchev–Trinajstić information content (AvgIpc) is 2.82. The number of aliphatic hydroxyl groups is 1. The summed E-state index contributed by atoms with van der Waals surface area (Å²) < 4.78 is 5.72. The van der Waals surface area contributed by atoms with Gasteiger partial charge in [-0.15, -0.1) is 11.3 Å². The number of aliphatic hydroxyl groups excluding tert-OH is 1. The molecule has 2 aromatic rings. The zero-order chi connectivity index (χ0) is 16.1. The van der Waals surface area contributed by atoms with Crippen LogP contribution in [0.1, 0.15) is 21.8 Å². The highest BCUT2D eigenvalue weighted by atomic mass is 32.1. The lowest BCUT2D eigenvalue weighted by molar-refractivity contribution is 0.0738. The molecule has 0 fully saturated rings. The Hall–Kier alpha value is -1.43. The lowest BCUT2D eigenvalue weighted by Crippen LogP contribution is -2.32. The van der Waals surface area contributed by atoms with Crippen molar-refractivity contribution in [1.29, 1.82) is 0 Å². The summed E-state index contributed by atoms with van der Waals surface area (Å²) in [6, 6.07) is 6.06. The molecule has 1 heterocycles. The summed E-state index contributed by atoms with van der Waals surface area (Å²) >= 11 is 1.65. The predicted molar refractivity (Wildman–Crippen MR) is 90.6 cm³/mol. The summed E-state index contributed by atoms with van der Waals surface area (Å²) in [5.41, 5.74) is 3.36. The van der Waals surface area contributed by atoms with E-state index in [9.17, 15) is 5.11 Å². The summed E-state index contributed by atoms with van der Waals surface area (Å²) in [5, 5.41) is 13.3. The summed E-state index contributed by atoms with van der Waals surface area (Å²) in [4.78, 5) is 6.50. The van der Waals surface area contributed by atoms with Crippen molar-refractivity contribution in [3.63, 3.8) is 0 Å². The van der Waals surface area contributed by atoms with Crippen LogP contribution in [0.4, 0.5) is 0 Å². The maximum Gasteiger partial charge on any atom is 0.122 e. The molecule has 0 saturated carbocycles. The Balaban J connectivity index is 1.78. The summed E-state index contributed by atoms with van der Waals surface area (Å²) in [6.07, 6.45) is -0.523. The van der Waals surface area contributed by atoms with E-state index in [0.717, 1.165) is 28.6 Å². The van der Waals surface area contributed by atoms with Gasteiger partial charge in [0.25, 0.3) is 0 Å². The largest absolute Gasteiger partial charge is 0.491 e. The third-order valence-electron chi connectivity index (χ3n) is 3.38. The summed E-state index contributed by atoms with van der Waals surface area (Å²) in [7, 11) is 1.98. The van der Waals surface area contributed by atoms with Crippen LogP contribution >= 0.6 is 11.3 Å². The Kier molecular flexibility index (Phi) is 5.94. The van der Waals surface area contributed by atoms with Gasteiger partial charge in [-0.1, -0.05) is 17.7 Å². The Bertz CT molecular complexity index is 612. The molecule has 2 rings (SSSR count). The van der Waals surface area contributed by atoms with E-state index >= 15 is 0 Å². The van der Waals surface area contributed by atoms with E-state index < -0.39 is 6.10 Å². The molecule has 5 heteroatoms. The van der Waals surface area contributed by atoms with E-state index in [1.165, 1.54) is 5.56 Å². The summed E-state index contributed by atoms with van der Waals surface area (Å²) in [5.74, 6) is 0.836. The maximum atomic E-state index is 10.1. The highest BCUT2D eigenvalue weighted by Gasteiger charge is 2.11. The van der Waals surface area contributed by atoms with E-state index in [2.05, 4.69) is 28.3 Å². The van der Waals surface area contributed by atoms with Crippen LogP contribution < -0.4 is 4.74 Å². The highest BCUT2D eigenvalue weighted by molar-refractivity contribution is 7.09. The smallest absolute Gasteiger partial charge is 0.122 e. The minimum Gasteiger partial charge on any atom is -0.491 e. The molecule has 1 unspecified atom stereocenters. The molecule has 1 atom stereocenters. The maximum absolute atomic E-state index is 10.1.